The van der Waals surface area contributed by atoms with Gasteiger partial charge in [0.05, 0.1) is 0 Å². The number of rotatable bonds is 0. The van der Waals surface area contributed by atoms with Crippen LogP contribution in [-0.2, 0) is 21.7 Å². The van der Waals surface area contributed by atoms with Crippen molar-refractivity contribution in [3.8, 4) is 0 Å². The van der Waals surface area contributed by atoms with Gasteiger partial charge < -0.3 is 5.48 Å². The summed E-state index contributed by atoms with van der Waals surface area (Å²) >= 11 is 0. The van der Waals surface area contributed by atoms with Crippen molar-refractivity contribution in [3.63, 3.8) is 0 Å². The Morgan fingerprint density at radius 3 is 0.667 bits per heavy atom. The third-order valence-corrected chi connectivity index (χ3v) is 0. The van der Waals surface area contributed by atoms with Crippen LogP contribution < -0.4 is 0 Å². The number of hydrogen-bond acceptors (Lipinski definition) is 0. The van der Waals surface area contributed by atoms with Crippen LogP contribution in [0.3, 0.4) is 0 Å². The molecule has 0 aliphatic heterocycles. The average Bonchev–Trinajstić information content (AvgIpc) is 0. The minimum atomic E-state index is 0. The van der Waals surface area contributed by atoms with Crippen LogP contribution in [0, 0.1) is 0 Å². The molecule has 0 heterocycles. The second-order valence-electron chi connectivity index (χ2n) is 0. The second kappa shape index (κ2) is 60.6. The Balaban J connectivity index is 0. The van der Waals surface area contributed by atoms with Crippen molar-refractivity contribution in [2.45, 2.75) is 0 Å². The molecule has 6 heavy (non-hydrogen) atoms. The van der Waals surface area contributed by atoms with Gasteiger partial charge in [0.25, 0.3) is 0 Å². The molecule has 6 heteroatoms. The topological polar surface area (TPSA) is 31.5 Å². The van der Waals surface area contributed by atoms with Gasteiger partial charge in [-0.3, -0.25) is 0 Å². The molecule has 0 rings (SSSR count). The standard InChI is InChI=1S/Al.3ClH.H2O.Ti.3H/h;3*1H;1H2;;;;. The molecule has 0 aliphatic rings. The summed E-state index contributed by atoms with van der Waals surface area (Å²) in [6, 6.07) is 0. The van der Waals surface area contributed by atoms with Crippen molar-refractivity contribution >= 4 is 54.6 Å². The zero-order chi connectivity index (χ0) is 0. The van der Waals surface area contributed by atoms with Crippen LogP contribution in [0.4, 0.5) is 0 Å². The molecule has 42 valence electrons. The van der Waals surface area contributed by atoms with Crippen LogP contribution in [-0.4, -0.2) is 22.8 Å². The van der Waals surface area contributed by atoms with E-state index in [1.807, 2.05) is 0 Å². The number of halogens is 3. The van der Waals surface area contributed by atoms with E-state index in [4.69, 9.17) is 0 Å². The van der Waals surface area contributed by atoms with E-state index < -0.39 is 0 Å². The van der Waals surface area contributed by atoms with Crippen LogP contribution in [0.25, 0.3) is 0 Å². The van der Waals surface area contributed by atoms with E-state index in [0.29, 0.717) is 0 Å². The van der Waals surface area contributed by atoms with E-state index in [-0.39, 0.29) is 81.8 Å². The van der Waals surface area contributed by atoms with Crippen molar-refractivity contribution in [2.24, 2.45) is 0 Å². The molecule has 0 unspecified atom stereocenters. The molecular weight excluding hydrogens is 197 g/mol. The number of hydrogen-bond donors (Lipinski definition) is 0. The molecule has 0 spiro atoms. The van der Waals surface area contributed by atoms with Gasteiger partial charge in [-0.15, -0.1) is 37.2 Å². The quantitative estimate of drug-likeness (QED) is 0.466. The van der Waals surface area contributed by atoms with Gasteiger partial charge in [-0.05, 0) is 0 Å². The summed E-state index contributed by atoms with van der Waals surface area (Å²) in [5.41, 5.74) is 0. The molecule has 0 atom stereocenters. The Morgan fingerprint density at radius 2 is 0.667 bits per heavy atom. The summed E-state index contributed by atoms with van der Waals surface area (Å²) in [7, 11) is 0. The molecule has 0 aromatic heterocycles. The third kappa shape index (κ3) is 36.3. The second-order valence-corrected chi connectivity index (χ2v) is 0. The Labute approximate surface area is 81.2 Å². The molecule has 0 saturated heterocycles. The monoisotopic (exact) mass is 204 g/mol. The van der Waals surface area contributed by atoms with Crippen LogP contribution in [0.15, 0.2) is 0 Å². The van der Waals surface area contributed by atoms with Gasteiger partial charge in [-0.25, -0.2) is 0 Å². The predicted molar refractivity (Wildman–Crippen MR) is 35.3 cm³/mol. The van der Waals surface area contributed by atoms with Gasteiger partial charge in [0, 0.05) is 21.7 Å². The first-order valence-electron chi connectivity index (χ1n) is 0. The summed E-state index contributed by atoms with van der Waals surface area (Å²) in [5.74, 6) is 0. The van der Waals surface area contributed by atoms with Crippen LogP contribution >= 0.6 is 37.2 Å². The first-order valence-corrected chi connectivity index (χ1v) is 0. The maximum Gasteiger partial charge on any atom is 0.187 e. The van der Waals surface area contributed by atoms with Gasteiger partial charge in [-0.1, -0.05) is 0 Å². The van der Waals surface area contributed by atoms with Crippen molar-refractivity contribution in [3.05, 3.63) is 0 Å². The summed E-state index contributed by atoms with van der Waals surface area (Å²) in [4.78, 5) is 0. The Morgan fingerprint density at radius 1 is 0.667 bits per heavy atom. The normalized spacial score (nSPS) is 0. The van der Waals surface area contributed by atoms with Crippen molar-refractivity contribution in [2.75, 3.05) is 0 Å². The van der Waals surface area contributed by atoms with Gasteiger partial charge >= 0.3 is 0 Å². The van der Waals surface area contributed by atoms with Crippen LogP contribution in [0.5, 0.6) is 0 Å². The molecule has 0 aliphatic carbocycles. The molecule has 1 nitrogen and oxygen atoms in total. The van der Waals surface area contributed by atoms with Crippen molar-refractivity contribution < 1.29 is 27.2 Å². The van der Waals surface area contributed by atoms with Gasteiger partial charge in [0.1, 0.15) is 0 Å². The van der Waals surface area contributed by atoms with E-state index in [9.17, 15) is 0 Å². The molecular formula is H8AlCl3OTi. The minimum Gasteiger partial charge on any atom is -0.412 e. The zero-order valence-corrected chi connectivity index (χ0v) is 6.24. The average molecular weight is 205 g/mol. The largest absolute Gasteiger partial charge is 0.412 e. The fourth-order valence-electron chi connectivity index (χ4n) is 0. The minimum absolute atomic E-state index is 0. The first kappa shape index (κ1) is 93.8. The van der Waals surface area contributed by atoms with E-state index >= 15 is 0 Å². The van der Waals surface area contributed by atoms with E-state index in [1.54, 1.807) is 0 Å². The summed E-state index contributed by atoms with van der Waals surface area (Å²) in [5, 5.41) is 0. The predicted octanol–water partition coefficient (Wildman–Crippen LogP) is -0.746. The van der Waals surface area contributed by atoms with Crippen LogP contribution in [0.1, 0.15) is 0 Å². The Hall–Kier alpha value is 2.08. The SMILES string of the molecule is Cl.Cl.Cl.O.[AlH3].[Ti]. The molecule has 0 aromatic rings. The fourth-order valence-corrected chi connectivity index (χ4v) is 0. The smallest absolute Gasteiger partial charge is 0.187 e. The molecule has 0 saturated carbocycles. The van der Waals surface area contributed by atoms with Crippen molar-refractivity contribution in [1.82, 2.24) is 0 Å². The summed E-state index contributed by atoms with van der Waals surface area (Å²) < 4.78 is 0. The Kier molecular flexibility index (Phi) is 947. The van der Waals surface area contributed by atoms with Crippen LogP contribution in [0.2, 0.25) is 0 Å². The molecule has 0 aromatic carbocycles. The van der Waals surface area contributed by atoms with Gasteiger partial charge in [0.2, 0.25) is 0 Å². The van der Waals surface area contributed by atoms with Gasteiger partial charge in [-0.2, -0.15) is 0 Å². The van der Waals surface area contributed by atoms with E-state index in [1.165, 1.54) is 0 Å². The zero-order valence-electron chi connectivity index (χ0n) is 2.22. The first-order chi connectivity index (χ1) is 0. The molecule has 0 radical (unpaired) electrons. The molecule has 0 amide bonds. The summed E-state index contributed by atoms with van der Waals surface area (Å²) in [6.07, 6.45) is 0. The maximum absolute atomic E-state index is 0. The molecule has 0 bridgehead atoms. The van der Waals surface area contributed by atoms with Gasteiger partial charge in [0.15, 0.2) is 17.4 Å². The Bertz CT molecular complexity index is 10.8. The van der Waals surface area contributed by atoms with E-state index in [2.05, 4.69) is 0 Å². The maximum atomic E-state index is 0. The summed E-state index contributed by atoms with van der Waals surface area (Å²) in [6.45, 7) is 0. The third-order valence-electron chi connectivity index (χ3n) is 0. The van der Waals surface area contributed by atoms with Crippen molar-refractivity contribution in [1.29, 1.82) is 0 Å². The molecule has 2 N–H and O–H groups in total. The van der Waals surface area contributed by atoms with E-state index in [0.717, 1.165) is 0 Å². The molecule has 0 fully saturated rings. The fraction of sp³-hybridized carbons (Fsp3) is 0.